The maximum Gasteiger partial charge on any atom is 0.0246 e. The average Bonchev–Trinajstić information content (AvgIpc) is 2.70. The summed E-state index contributed by atoms with van der Waals surface area (Å²) in [6.07, 6.45) is 4.62. The van der Waals surface area contributed by atoms with E-state index in [0.717, 1.165) is 6.54 Å². The summed E-state index contributed by atoms with van der Waals surface area (Å²) < 4.78 is 2.18. The summed E-state index contributed by atoms with van der Waals surface area (Å²) in [6, 6.07) is 4.27. The Balaban J connectivity index is 2.35. The Bertz CT molecular complexity index is 258. The molecule has 11 heavy (non-hydrogen) atoms. The molecule has 1 aromatic rings. The second-order valence-corrected chi connectivity index (χ2v) is 3.49. The van der Waals surface area contributed by atoms with Crippen molar-refractivity contribution in [3.8, 4) is 0 Å². The molecule has 2 heteroatoms. The van der Waals surface area contributed by atoms with Crippen molar-refractivity contribution in [3.63, 3.8) is 0 Å². The largest absolute Gasteiger partial charge is 0.354 e. The summed E-state index contributed by atoms with van der Waals surface area (Å²) >= 11 is 0. The standard InChI is InChI=1S/C9H14N2/c1-11-6-2-3-8(11)9(7-10)4-5-9/h2-3,6H,4-5,7,10H2,1H3. The van der Waals surface area contributed by atoms with Crippen molar-refractivity contribution in [1.29, 1.82) is 0 Å². The number of rotatable bonds is 2. The van der Waals surface area contributed by atoms with Crippen LogP contribution in [0.1, 0.15) is 18.5 Å². The van der Waals surface area contributed by atoms with Gasteiger partial charge in [-0.25, -0.2) is 0 Å². The lowest BCUT2D eigenvalue weighted by Crippen LogP contribution is -2.22. The highest BCUT2D eigenvalue weighted by Gasteiger charge is 2.44. The zero-order chi connectivity index (χ0) is 7.90. The van der Waals surface area contributed by atoms with E-state index in [9.17, 15) is 0 Å². The van der Waals surface area contributed by atoms with Gasteiger partial charge < -0.3 is 10.3 Å². The zero-order valence-corrected chi connectivity index (χ0v) is 6.88. The molecule has 1 aliphatic carbocycles. The van der Waals surface area contributed by atoms with Gasteiger partial charge in [-0.15, -0.1) is 0 Å². The van der Waals surface area contributed by atoms with E-state index in [1.54, 1.807) is 0 Å². The first-order chi connectivity index (χ1) is 5.28. The van der Waals surface area contributed by atoms with Crippen LogP contribution >= 0.6 is 0 Å². The van der Waals surface area contributed by atoms with Crippen molar-refractivity contribution < 1.29 is 0 Å². The van der Waals surface area contributed by atoms with Gasteiger partial charge in [0.1, 0.15) is 0 Å². The molecule has 1 heterocycles. The lowest BCUT2D eigenvalue weighted by Gasteiger charge is -2.12. The zero-order valence-electron chi connectivity index (χ0n) is 6.88. The van der Waals surface area contributed by atoms with E-state index >= 15 is 0 Å². The molecular weight excluding hydrogens is 136 g/mol. The van der Waals surface area contributed by atoms with Gasteiger partial charge in [0.2, 0.25) is 0 Å². The summed E-state index contributed by atoms with van der Waals surface area (Å²) in [7, 11) is 2.09. The first-order valence-corrected chi connectivity index (χ1v) is 4.10. The fraction of sp³-hybridized carbons (Fsp3) is 0.556. The van der Waals surface area contributed by atoms with E-state index in [0.29, 0.717) is 5.41 Å². The summed E-state index contributed by atoms with van der Waals surface area (Å²) in [4.78, 5) is 0. The Labute approximate surface area is 67.0 Å². The van der Waals surface area contributed by atoms with Gasteiger partial charge in [-0.3, -0.25) is 0 Å². The van der Waals surface area contributed by atoms with Crippen molar-refractivity contribution in [2.75, 3.05) is 6.54 Å². The maximum absolute atomic E-state index is 5.72. The SMILES string of the molecule is Cn1cccc1C1(CN)CC1. The van der Waals surface area contributed by atoms with Crippen molar-refractivity contribution in [2.45, 2.75) is 18.3 Å². The summed E-state index contributed by atoms with van der Waals surface area (Å²) in [5.74, 6) is 0. The Morgan fingerprint density at radius 3 is 2.73 bits per heavy atom. The molecule has 0 amide bonds. The molecule has 1 saturated carbocycles. The van der Waals surface area contributed by atoms with Gasteiger partial charge in [-0.1, -0.05) is 0 Å². The van der Waals surface area contributed by atoms with E-state index in [1.165, 1.54) is 18.5 Å². The minimum Gasteiger partial charge on any atom is -0.354 e. The monoisotopic (exact) mass is 150 g/mol. The maximum atomic E-state index is 5.72. The molecule has 1 aromatic heterocycles. The van der Waals surface area contributed by atoms with Crippen LogP contribution < -0.4 is 5.73 Å². The average molecular weight is 150 g/mol. The third kappa shape index (κ3) is 0.897. The van der Waals surface area contributed by atoms with Crippen LogP contribution in [0.4, 0.5) is 0 Å². The summed E-state index contributed by atoms with van der Waals surface area (Å²) in [5, 5.41) is 0. The normalized spacial score (nSPS) is 20.2. The fourth-order valence-corrected chi connectivity index (χ4v) is 1.73. The second kappa shape index (κ2) is 2.11. The summed E-state index contributed by atoms with van der Waals surface area (Å²) in [6.45, 7) is 0.796. The molecule has 60 valence electrons. The predicted octanol–water partition coefficient (Wildman–Crippen LogP) is 1.02. The van der Waals surface area contributed by atoms with Gasteiger partial charge in [0.05, 0.1) is 0 Å². The fourth-order valence-electron chi connectivity index (χ4n) is 1.73. The van der Waals surface area contributed by atoms with E-state index in [-0.39, 0.29) is 0 Å². The molecule has 1 fully saturated rings. The highest BCUT2D eigenvalue weighted by atomic mass is 15.0. The van der Waals surface area contributed by atoms with Gasteiger partial charge in [0, 0.05) is 30.9 Å². The van der Waals surface area contributed by atoms with Crippen LogP contribution in [-0.4, -0.2) is 11.1 Å². The van der Waals surface area contributed by atoms with Crippen LogP contribution in [-0.2, 0) is 12.5 Å². The molecule has 0 radical (unpaired) electrons. The third-order valence-corrected chi connectivity index (χ3v) is 2.73. The highest BCUT2D eigenvalue weighted by molar-refractivity contribution is 5.26. The van der Waals surface area contributed by atoms with Gasteiger partial charge in [0.15, 0.2) is 0 Å². The van der Waals surface area contributed by atoms with E-state index < -0.39 is 0 Å². The van der Waals surface area contributed by atoms with Crippen LogP contribution in [0.15, 0.2) is 18.3 Å². The number of aromatic nitrogens is 1. The molecule has 0 unspecified atom stereocenters. The second-order valence-electron chi connectivity index (χ2n) is 3.49. The van der Waals surface area contributed by atoms with Crippen molar-refractivity contribution in [2.24, 2.45) is 12.8 Å². The van der Waals surface area contributed by atoms with Crippen LogP contribution in [0.2, 0.25) is 0 Å². The smallest absolute Gasteiger partial charge is 0.0246 e. The quantitative estimate of drug-likeness (QED) is 0.670. The number of hydrogen-bond acceptors (Lipinski definition) is 1. The number of nitrogens with two attached hydrogens (primary N) is 1. The number of nitrogens with zero attached hydrogens (tertiary/aromatic N) is 1. The van der Waals surface area contributed by atoms with Gasteiger partial charge >= 0.3 is 0 Å². The molecular formula is C9H14N2. The van der Waals surface area contributed by atoms with E-state index in [1.807, 2.05) is 0 Å². The molecule has 0 aliphatic heterocycles. The molecule has 0 aromatic carbocycles. The van der Waals surface area contributed by atoms with Gasteiger partial charge in [-0.2, -0.15) is 0 Å². The molecule has 0 bridgehead atoms. The molecule has 0 saturated heterocycles. The third-order valence-electron chi connectivity index (χ3n) is 2.73. The molecule has 2 N–H and O–H groups in total. The van der Waals surface area contributed by atoms with Gasteiger partial charge in [0.25, 0.3) is 0 Å². The van der Waals surface area contributed by atoms with Crippen LogP contribution in [0.25, 0.3) is 0 Å². The summed E-state index contributed by atoms with van der Waals surface area (Å²) in [5.41, 5.74) is 7.46. The first kappa shape index (κ1) is 6.92. The van der Waals surface area contributed by atoms with Crippen molar-refractivity contribution in [3.05, 3.63) is 24.0 Å². The van der Waals surface area contributed by atoms with Crippen LogP contribution in [0, 0.1) is 0 Å². The first-order valence-electron chi connectivity index (χ1n) is 4.10. The number of hydrogen-bond donors (Lipinski definition) is 1. The van der Waals surface area contributed by atoms with Crippen LogP contribution in [0.5, 0.6) is 0 Å². The minimum atomic E-state index is 0.345. The van der Waals surface area contributed by atoms with Crippen molar-refractivity contribution >= 4 is 0 Å². The number of aryl methyl sites for hydroxylation is 1. The minimum absolute atomic E-state index is 0.345. The lowest BCUT2D eigenvalue weighted by molar-refractivity contribution is 0.639. The predicted molar refractivity (Wildman–Crippen MR) is 45.4 cm³/mol. The lowest BCUT2D eigenvalue weighted by atomic mass is 10.0. The Hall–Kier alpha value is -0.760. The Morgan fingerprint density at radius 1 is 1.64 bits per heavy atom. The topological polar surface area (TPSA) is 30.9 Å². The van der Waals surface area contributed by atoms with Crippen molar-refractivity contribution in [1.82, 2.24) is 4.57 Å². The van der Waals surface area contributed by atoms with E-state index in [2.05, 4.69) is 29.9 Å². The molecule has 2 rings (SSSR count). The molecule has 0 spiro atoms. The van der Waals surface area contributed by atoms with Crippen LogP contribution in [0.3, 0.4) is 0 Å². The molecule has 1 aliphatic rings. The highest BCUT2D eigenvalue weighted by Crippen LogP contribution is 2.46. The Kier molecular flexibility index (Phi) is 1.33. The molecule has 0 atom stereocenters. The molecule has 2 nitrogen and oxygen atoms in total. The Morgan fingerprint density at radius 2 is 2.36 bits per heavy atom. The van der Waals surface area contributed by atoms with Gasteiger partial charge in [-0.05, 0) is 25.0 Å². The van der Waals surface area contributed by atoms with E-state index in [4.69, 9.17) is 5.73 Å².